The van der Waals surface area contributed by atoms with Crippen molar-refractivity contribution in [2.45, 2.75) is 11.3 Å². The van der Waals surface area contributed by atoms with Gasteiger partial charge in [-0.15, -0.1) is 10.2 Å². The van der Waals surface area contributed by atoms with E-state index < -0.39 is 0 Å². The van der Waals surface area contributed by atoms with Gasteiger partial charge in [0.2, 0.25) is 5.13 Å². The third kappa shape index (κ3) is 5.07. The molecule has 0 aliphatic carbocycles. The molecule has 9 heteroatoms. The van der Waals surface area contributed by atoms with Crippen LogP contribution in [0.5, 0.6) is 0 Å². The highest BCUT2D eigenvalue weighted by Crippen LogP contribution is 2.28. The summed E-state index contributed by atoms with van der Waals surface area (Å²) in [6.45, 7) is 2.09. The van der Waals surface area contributed by atoms with Gasteiger partial charge in [-0.1, -0.05) is 71.6 Å². The number of thioether (sulfide) groups is 1. The number of anilines is 1. The minimum atomic E-state index is -0.315. The number of hydrogen-bond donors (Lipinski definition) is 1. The summed E-state index contributed by atoms with van der Waals surface area (Å²) in [7, 11) is 0. The summed E-state index contributed by atoms with van der Waals surface area (Å²) in [6.07, 6.45) is 0. The van der Waals surface area contributed by atoms with E-state index in [1.165, 1.54) is 23.1 Å². The summed E-state index contributed by atoms with van der Waals surface area (Å²) >= 11 is 2.43. The number of hydrogen-bond acceptors (Lipinski definition) is 8. The zero-order chi connectivity index (χ0) is 21.6. The lowest BCUT2D eigenvalue weighted by Crippen LogP contribution is -2.13. The van der Waals surface area contributed by atoms with Gasteiger partial charge in [-0.25, -0.2) is 4.98 Å². The first kappa shape index (κ1) is 21.0. The molecule has 0 bridgehead atoms. The normalized spacial score (nSPS) is 10.7. The molecule has 0 radical (unpaired) electrons. The Morgan fingerprint density at radius 3 is 2.65 bits per heavy atom. The Morgan fingerprint density at radius 2 is 1.84 bits per heavy atom. The van der Waals surface area contributed by atoms with Crippen LogP contribution in [0, 0.1) is 0 Å². The Hall–Kier alpha value is -3.30. The summed E-state index contributed by atoms with van der Waals surface area (Å²) in [5.41, 5.74) is 2.88. The second-order valence-electron chi connectivity index (χ2n) is 6.36. The number of benzene rings is 2. The van der Waals surface area contributed by atoms with Crippen LogP contribution in [0.3, 0.4) is 0 Å². The molecule has 0 saturated carbocycles. The Kier molecular flexibility index (Phi) is 6.54. The quantitative estimate of drug-likeness (QED) is 0.249. The number of nitrogens with one attached hydrogen (secondary N) is 1. The van der Waals surface area contributed by atoms with Crippen molar-refractivity contribution < 1.29 is 14.3 Å². The van der Waals surface area contributed by atoms with E-state index in [0.717, 1.165) is 16.5 Å². The van der Waals surface area contributed by atoms with Crippen molar-refractivity contribution in [3.05, 3.63) is 66.2 Å². The first-order chi connectivity index (χ1) is 15.1. The van der Waals surface area contributed by atoms with E-state index in [9.17, 15) is 9.59 Å². The number of nitrogens with zero attached hydrogens (tertiary/aromatic N) is 3. The van der Waals surface area contributed by atoms with Gasteiger partial charge >= 0.3 is 5.97 Å². The van der Waals surface area contributed by atoms with Crippen LogP contribution in [-0.4, -0.2) is 39.4 Å². The Balaban J connectivity index is 1.57. The molecule has 156 valence electrons. The minimum absolute atomic E-state index is 0.145. The topological polar surface area (TPSA) is 94.1 Å². The maximum absolute atomic E-state index is 13.1. The number of aromatic nitrogens is 3. The lowest BCUT2D eigenvalue weighted by atomic mass is 10.0. The van der Waals surface area contributed by atoms with Gasteiger partial charge in [0.25, 0.3) is 5.91 Å². The zero-order valence-electron chi connectivity index (χ0n) is 16.6. The number of carbonyl (C=O) groups is 2. The van der Waals surface area contributed by atoms with E-state index in [1.807, 2.05) is 54.6 Å². The van der Waals surface area contributed by atoms with Crippen LogP contribution in [0.4, 0.5) is 5.13 Å². The molecule has 2 aromatic carbocycles. The van der Waals surface area contributed by atoms with Gasteiger partial charge in [0, 0.05) is 10.9 Å². The molecule has 0 spiro atoms. The molecule has 0 fully saturated rings. The van der Waals surface area contributed by atoms with Crippen molar-refractivity contribution in [1.82, 2.24) is 15.2 Å². The van der Waals surface area contributed by atoms with E-state index in [0.29, 0.717) is 27.3 Å². The van der Waals surface area contributed by atoms with Crippen molar-refractivity contribution >= 4 is 51.0 Å². The van der Waals surface area contributed by atoms with E-state index in [1.54, 1.807) is 13.0 Å². The number of fused-ring (bicyclic) bond motifs is 1. The van der Waals surface area contributed by atoms with Crippen LogP contribution in [0.1, 0.15) is 17.3 Å². The van der Waals surface area contributed by atoms with Gasteiger partial charge in [-0.05, 0) is 19.1 Å². The van der Waals surface area contributed by atoms with Crippen LogP contribution in [-0.2, 0) is 9.53 Å². The van der Waals surface area contributed by atoms with E-state index in [4.69, 9.17) is 9.72 Å². The summed E-state index contributed by atoms with van der Waals surface area (Å²) in [6, 6.07) is 19.0. The zero-order valence-corrected chi connectivity index (χ0v) is 18.2. The highest BCUT2D eigenvalue weighted by molar-refractivity contribution is 8.01. The molecule has 0 aliphatic rings. The highest BCUT2D eigenvalue weighted by Gasteiger charge is 2.16. The lowest BCUT2D eigenvalue weighted by Gasteiger charge is -2.09. The number of rotatable bonds is 7. The molecule has 1 N–H and O–H groups in total. The molecule has 31 heavy (non-hydrogen) atoms. The third-order valence-corrected chi connectivity index (χ3v) is 6.22. The van der Waals surface area contributed by atoms with Crippen LogP contribution < -0.4 is 5.32 Å². The molecule has 4 rings (SSSR count). The third-order valence-electron chi connectivity index (χ3n) is 4.28. The van der Waals surface area contributed by atoms with Crippen LogP contribution in [0.2, 0.25) is 0 Å². The number of esters is 1. The summed E-state index contributed by atoms with van der Waals surface area (Å²) in [4.78, 5) is 29.3. The summed E-state index contributed by atoms with van der Waals surface area (Å²) < 4.78 is 5.48. The van der Waals surface area contributed by atoms with Gasteiger partial charge in [-0.2, -0.15) is 0 Å². The molecule has 0 aliphatic heterocycles. The largest absolute Gasteiger partial charge is 0.465 e. The van der Waals surface area contributed by atoms with Gasteiger partial charge in [0.1, 0.15) is 0 Å². The first-order valence-electron chi connectivity index (χ1n) is 9.52. The number of ether oxygens (including phenoxy) is 1. The second kappa shape index (κ2) is 9.67. The lowest BCUT2D eigenvalue weighted by molar-refractivity contribution is -0.139. The monoisotopic (exact) mass is 450 g/mol. The molecule has 7 nitrogen and oxygen atoms in total. The van der Waals surface area contributed by atoms with Crippen LogP contribution in [0.25, 0.3) is 22.2 Å². The fourth-order valence-electron chi connectivity index (χ4n) is 2.93. The molecule has 2 aromatic heterocycles. The molecule has 2 heterocycles. The van der Waals surface area contributed by atoms with E-state index in [2.05, 4.69) is 15.5 Å². The number of pyridine rings is 1. The molecule has 4 aromatic rings. The molecular weight excluding hydrogens is 432 g/mol. The maximum atomic E-state index is 13.1. The number of para-hydroxylation sites is 1. The smallest absolute Gasteiger partial charge is 0.316 e. The summed E-state index contributed by atoms with van der Waals surface area (Å²) in [5, 5.41) is 12.0. The fourth-order valence-corrected chi connectivity index (χ4v) is 4.47. The molecule has 0 saturated heterocycles. The highest BCUT2D eigenvalue weighted by atomic mass is 32.2. The Morgan fingerprint density at radius 1 is 1.06 bits per heavy atom. The van der Waals surface area contributed by atoms with Gasteiger partial charge in [0.05, 0.1) is 29.1 Å². The summed E-state index contributed by atoms with van der Waals surface area (Å²) in [5.74, 6) is -0.467. The molecule has 0 unspecified atom stereocenters. The van der Waals surface area contributed by atoms with Crippen molar-refractivity contribution in [3.63, 3.8) is 0 Å². The predicted octanol–water partition coefficient (Wildman–Crippen LogP) is 4.66. The number of carbonyl (C=O) groups excluding carboxylic acids is 2. The van der Waals surface area contributed by atoms with Gasteiger partial charge in [0.15, 0.2) is 4.34 Å². The predicted molar refractivity (Wildman–Crippen MR) is 122 cm³/mol. The molecule has 1 amide bonds. The SMILES string of the molecule is CCOC(=O)CSc1nnc(NC(=O)c2cc(-c3ccccc3)nc3ccccc23)s1. The maximum Gasteiger partial charge on any atom is 0.316 e. The van der Waals surface area contributed by atoms with E-state index in [-0.39, 0.29) is 17.6 Å². The van der Waals surface area contributed by atoms with Crippen LogP contribution >= 0.6 is 23.1 Å². The van der Waals surface area contributed by atoms with Crippen molar-refractivity contribution in [3.8, 4) is 11.3 Å². The van der Waals surface area contributed by atoms with Gasteiger partial charge in [-0.3, -0.25) is 14.9 Å². The van der Waals surface area contributed by atoms with E-state index >= 15 is 0 Å². The fraction of sp³-hybridized carbons (Fsp3) is 0.136. The second-order valence-corrected chi connectivity index (χ2v) is 8.56. The Labute approximate surface area is 186 Å². The molecule has 0 atom stereocenters. The van der Waals surface area contributed by atoms with Crippen molar-refractivity contribution in [2.75, 3.05) is 17.7 Å². The van der Waals surface area contributed by atoms with Crippen LogP contribution in [0.15, 0.2) is 65.0 Å². The van der Waals surface area contributed by atoms with Crippen molar-refractivity contribution in [2.24, 2.45) is 0 Å². The van der Waals surface area contributed by atoms with Gasteiger partial charge < -0.3 is 4.74 Å². The molecular formula is C22H18N4O3S2. The average Bonchev–Trinajstić information content (AvgIpc) is 3.25. The number of amides is 1. The first-order valence-corrected chi connectivity index (χ1v) is 11.3. The standard InChI is InChI=1S/C22H18N4O3S2/c1-2-29-19(27)13-30-22-26-25-21(31-22)24-20(28)16-12-18(14-8-4-3-5-9-14)23-17-11-7-6-10-15(16)17/h3-12H,2,13H2,1H3,(H,24,25,28). The average molecular weight is 451 g/mol. The Bertz CT molecular complexity index is 1230. The van der Waals surface area contributed by atoms with Crippen molar-refractivity contribution in [1.29, 1.82) is 0 Å². The minimum Gasteiger partial charge on any atom is -0.465 e.